The summed E-state index contributed by atoms with van der Waals surface area (Å²) in [5, 5.41) is 3.09. The Bertz CT molecular complexity index is 842. The number of hydrogen-bond donors (Lipinski definition) is 1. The molecule has 0 radical (unpaired) electrons. The second-order valence-corrected chi connectivity index (χ2v) is 6.57. The van der Waals surface area contributed by atoms with Crippen LogP contribution in [0.1, 0.15) is 25.0 Å². The SMILES string of the molecule is CC(C)(C(=O)NCc1ccccc1-c1cccnc1)c1ccccc1. The van der Waals surface area contributed by atoms with Crippen LogP contribution in [0.5, 0.6) is 0 Å². The number of benzene rings is 2. The van der Waals surface area contributed by atoms with Gasteiger partial charge in [0.25, 0.3) is 0 Å². The van der Waals surface area contributed by atoms with E-state index in [1.807, 2.05) is 80.7 Å². The Kier molecular flexibility index (Phi) is 4.94. The van der Waals surface area contributed by atoms with Gasteiger partial charge in [0.05, 0.1) is 5.41 Å². The molecule has 0 aliphatic carbocycles. The quantitative estimate of drug-likeness (QED) is 0.756. The third-order valence-electron chi connectivity index (χ3n) is 4.49. The van der Waals surface area contributed by atoms with Gasteiger partial charge in [0.15, 0.2) is 0 Å². The second kappa shape index (κ2) is 7.31. The van der Waals surface area contributed by atoms with E-state index in [1.165, 1.54) is 0 Å². The maximum Gasteiger partial charge on any atom is 0.230 e. The van der Waals surface area contributed by atoms with Gasteiger partial charge in [-0.15, -0.1) is 0 Å². The van der Waals surface area contributed by atoms with Crippen LogP contribution in [-0.4, -0.2) is 10.9 Å². The van der Waals surface area contributed by atoms with Crippen LogP contribution in [0.25, 0.3) is 11.1 Å². The van der Waals surface area contributed by atoms with Gasteiger partial charge in [-0.25, -0.2) is 0 Å². The van der Waals surface area contributed by atoms with Crippen molar-refractivity contribution in [3.05, 3.63) is 90.3 Å². The predicted molar refractivity (Wildman–Crippen MR) is 101 cm³/mol. The standard InChI is InChI=1S/C22H22N2O/c1-22(2,19-11-4-3-5-12-19)21(25)24-16-18-9-6-7-13-20(18)17-10-8-14-23-15-17/h3-15H,16H2,1-2H3,(H,24,25). The molecule has 0 atom stereocenters. The largest absolute Gasteiger partial charge is 0.351 e. The van der Waals surface area contributed by atoms with Crippen molar-refractivity contribution in [1.29, 1.82) is 0 Å². The highest BCUT2D eigenvalue weighted by molar-refractivity contribution is 5.87. The summed E-state index contributed by atoms with van der Waals surface area (Å²) in [6.07, 6.45) is 3.60. The molecule has 0 aliphatic rings. The Balaban J connectivity index is 1.77. The molecule has 0 unspecified atom stereocenters. The molecule has 2 aromatic carbocycles. The molecule has 3 nitrogen and oxygen atoms in total. The smallest absolute Gasteiger partial charge is 0.230 e. The molecule has 3 rings (SSSR count). The van der Waals surface area contributed by atoms with Crippen molar-refractivity contribution in [1.82, 2.24) is 10.3 Å². The predicted octanol–water partition coefficient (Wildman–Crippen LogP) is 4.34. The molecule has 3 heteroatoms. The zero-order valence-corrected chi connectivity index (χ0v) is 14.6. The Morgan fingerprint density at radius 3 is 2.40 bits per heavy atom. The average molecular weight is 330 g/mol. The van der Waals surface area contributed by atoms with Gasteiger partial charge in [-0.3, -0.25) is 9.78 Å². The minimum Gasteiger partial charge on any atom is -0.351 e. The molecule has 0 spiro atoms. The number of pyridine rings is 1. The van der Waals surface area contributed by atoms with Gasteiger partial charge in [-0.1, -0.05) is 60.7 Å². The summed E-state index contributed by atoms with van der Waals surface area (Å²) in [7, 11) is 0. The van der Waals surface area contributed by atoms with Crippen molar-refractivity contribution in [2.75, 3.05) is 0 Å². The van der Waals surface area contributed by atoms with E-state index >= 15 is 0 Å². The lowest BCUT2D eigenvalue weighted by atomic mass is 9.83. The summed E-state index contributed by atoms with van der Waals surface area (Å²) < 4.78 is 0. The molecule has 1 heterocycles. The van der Waals surface area contributed by atoms with Gasteiger partial charge < -0.3 is 5.32 Å². The molecule has 1 amide bonds. The molecule has 1 aromatic heterocycles. The van der Waals surface area contributed by atoms with Crippen LogP contribution in [-0.2, 0) is 16.8 Å². The Labute approximate surface area is 148 Å². The van der Waals surface area contributed by atoms with E-state index in [4.69, 9.17) is 0 Å². The van der Waals surface area contributed by atoms with E-state index in [2.05, 4.69) is 16.4 Å². The number of aromatic nitrogens is 1. The number of hydrogen-bond acceptors (Lipinski definition) is 2. The van der Waals surface area contributed by atoms with Crippen LogP contribution in [0.3, 0.4) is 0 Å². The Morgan fingerprint density at radius 2 is 1.68 bits per heavy atom. The summed E-state index contributed by atoms with van der Waals surface area (Å²) in [6.45, 7) is 4.38. The van der Waals surface area contributed by atoms with Crippen molar-refractivity contribution >= 4 is 5.91 Å². The molecule has 126 valence electrons. The Hall–Kier alpha value is -2.94. The van der Waals surface area contributed by atoms with Crippen molar-refractivity contribution < 1.29 is 4.79 Å². The minimum atomic E-state index is -0.579. The maximum absolute atomic E-state index is 12.8. The highest BCUT2D eigenvalue weighted by Crippen LogP contribution is 2.25. The van der Waals surface area contributed by atoms with Gasteiger partial charge >= 0.3 is 0 Å². The zero-order valence-electron chi connectivity index (χ0n) is 14.6. The van der Waals surface area contributed by atoms with Crippen molar-refractivity contribution in [2.24, 2.45) is 0 Å². The lowest BCUT2D eigenvalue weighted by Gasteiger charge is -2.24. The molecule has 3 aromatic rings. The number of rotatable bonds is 5. The van der Waals surface area contributed by atoms with E-state index in [0.29, 0.717) is 6.54 Å². The van der Waals surface area contributed by atoms with Crippen LogP contribution < -0.4 is 5.32 Å². The summed E-state index contributed by atoms with van der Waals surface area (Å²) in [6, 6.07) is 21.9. The molecular formula is C22H22N2O. The van der Waals surface area contributed by atoms with Crippen LogP contribution in [0, 0.1) is 0 Å². The van der Waals surface area contributed by atoms with E-state index in [1.54, 1.807) is 6.20 Å². The fraction of sp³-hybridized carbons (Fsp3) is 0.182. The minimum absolute atomic E-state index is 0.0136. The van der Waals surface area contributed by atoms with Gasteiger partial charge in [-0.05, 0) is 36.6 Å². The van der Waals surface area contributed by atoms with E-state index in [-0.39, 0.29) is 5.91 Å². The second-order valence-electron chi connectivity index (χ2n) is 6.57. The fourth-order valence-corrected chi connectivity index (χ4v) is 2.86. The summed E-state index contributed by atoms with van der Waals surface area (Å²) in [5.74, 6) is 0.0136. The first-order chi connectivity index (χ1) is 12.1. The van der Waals surface area contributed by atoms with Crippen LogP contribution in [0.2, 0.25) is 0 Å². The number of nitrogens with zero attached hydrogens (tertiary/aromatic N) is 1. The molecular weight excluding hydrogens is 308 g/mol. The molecule has 0 saturated carbocycles. The lowest BCUT2D eigenvalue weighted by Crippen LogP contribution is -2.39. The molecule has 0 saturated heterocycles. The third-order valence-corrected chi connectivity index (χ3v) is 4.49. The van der Waals surface area contributed by atoms with E-state index in [9.17, 15) is 4.79 Å². The van der Waals surface area contributed by atoms with Gasteiger partial charge in [0.1, 0.15) is 0 Å². The lowest BCUT2D eigenvalue weighted by molar-refractivity contribution is -0.125. The van der Waals surface area contributed by atoms with Crippen molar-refractivity contribution in [3.8, 4) is 11.1 Å². The van der Waals surface area contributed by atoms with E-state index in [0.717, 1.165) is 22.3 Å². The van der Waals surface area contributed by atoms with Crippen LogP contribution in [0.4, 0.5) is 0 Å². The van der Waals surface area contributed by atoms with Crippen LogP contribution >= 0.6 is 0 Å². The number of carbonyl (C=O) groups excluding carboxylic acids is 1. The summed E-state index contributed by atoms with van der Waals surface area (Å²) >= 11 is 0. The Morgan fingerprint density at radius 1 is 0.960 bits per heavy atom. The zero-order chi connectivity index (χ0) is 17.7. The summed E-state index contributed by atoms with van der Waals surface area (Å²) in [4.78, 5) is 17.0. The van der Waals surface area contributed by atoms with Crippen molar-refractivity contribution in [2.45, 2.75) is 25.8 Å². The fourth-order valence-electron chi connectivity index (χ4n) is 2.86. The van der Waals surface area contributed by atoms with Gasteiger partial charge in [0.2, 0.25) is 5.91 Å². The van der Waals surface area contributed by atoms with Gasteiger partial charge in [-0.2, -0.15) is 0 Å². The molecule has 0 bridgehead atoms. The molecule has 25 heavy (non-hydrogen) atoms. The van der Waals surface area contributed by atoms with Crippen molar-refractivity contribution in [3.63, 3.8) is 0 Å². The first-order valence-corrected chi connectivity index (χ1v) is 8.41. The first-order valence-electron chi connectivity index (χ1n) is 8.41. The number of carbonyl (C=O) groups is 1. The van der Waals surface area contributed by atoms with Gasteiger partial charge in [0, 0.05) is 24.5 Å². The highest BCUT2D eigenvalue weighted by Gasteiger charge is 2.29. The summed E-state index contributed by atoms with van der Waals surface area (Å²) in [5.41, 5.74) is 3.65. The maximum atomic E-state index is 12.8. The normalized spacial score (nSPS) is 11.1. The highest BCUT2D eigenvalue weighted by atomic mass is 16.2. The number of nitrogens with one attached hydrogen (secondary N) is 1. The first kappa shape index (κ1) is 16.9. The van der Waals surface area contributed by atoms with Crippen LogP contribution in [0.15, 0.2) is 79.1 Å². The number of amides is 1. The third kappa shape index (κ3) is 3.77. The molecule has 0 fully saturated rings. The average Bonchev–Trinajstić information content (AvgIpc) is 2.67. The monoisotopic (exact) mass is 330 g/mol. The topological polar surface area (TPSA) is 42.0 Å². The molecule has 1 N–H and O–H groups in total. The van der Waals surface area contributed by atoms with E-state index < -0.39 is 5.41 Å². The molecule has 0 aliphatic heterocycles.